The summed E-state index contributed by atoms with van der Waals surface area (Å²) < 4.78 is 37.4. The molecule has 1 aliphatic heterocycles. The standard InChI is InChI=1S/C18H17NO5S/c1-13-3-2-4-14(11-13)5-8-18(20)19-25(21,22)15-6-7-16-17(12-15)24-10-9-23-16/h2-8,11-12H,9-10H2,1H3,(H,19,20). The Morgan fingerprint density at radius 3 is 2.60 bits per heavy atom. The van der Waals surface area contributed by atoms with Crippen LogP contribution in [0.1, 0.15) is 11.1 Å². The van der Waals surface area contributed by atoms with E-state index in [2.05, 4.69) is 0 Å². The zero-order valence-corrected chi connectivity index (χ0v) is 14.4. The Kier molecular flexibility index (Phi) is 4.76. The molecular formula is C18H17NO5S. The zero-order chi connectivity index (χ0) is 17.9. The van der Waals surface area contributed by atoms with Gasteiger partial charge in [-0.05, 0) is 30.7 Å². The number of benzene rings is 2. The molecule has 6 nitrogen and oxygen atoms in total. The molecule has 25 heavy (non-hydrogen) atoms. The van der Waals surface area contributed by atoms with Gasteiger partial charge in [-0.15, -0.1) is 0 Å². The molecule has 0 saturated carbocycles. The van der Waals surface area contributed by atoms with Crippen molar-refractivity contribution in [3.05, 3.63) is 59.7 Å². The number of carbonyl (C=O) groups is 1. The van der Waals surface area contributed by atoms with Crippen molar-refractivity contribution >= 4 is 22.0 Å². The second-order valence-electron chi connectivity index (χ2n) is 5.52. The van der Waals surface area contributed by atoms with E-state index < -0.39 is 15.9 Å². The van der Waals surface area contributed by atoms with Crippen molar-refractivity contribution in [1.82, 2.24) is 4.72 Å². The van der Waals surface area contributed by atoms with Gasteiger partial charge in [-0.3, -0.25) is 4.79 Å². The number of nitrogens with one attached hydrogen (secondary N) is 1. The average molecular weight is 359 g/mol. The highest BCUT2D eigenvalue weighted by Crippen LogP contribution is 2.32. The molecule has 0 unspecified atom stereocenters. The number of sulfonamides is 1. The van der Waals surface area contributed by atoms with E-state index in [1.54, 1.807) is 6.08 Å². The Balaban J connectivity index is 1.73. The van der Waals surface area contributed by atoms with Gasteiger partial charge in [0.05, 0.1) is 4.90 Å². The molecule has 0 radical (unpaired) electrons. The highest BCUT2D eigenvalue weighted by molar-refractivity contribution is 7.90. The van der Waals surface area contributed by atoms with Crippen molar-refractivity contribution in [1.29, 1.82) is 0 Å². The maximum atomic E-state index is 12.3. The Morgan fingerprint density at radius 1 is 1.08 bits per heavy atom. The summed E-state index contributed by atoms with van der Waals surface area (Å²) in [5, 5.41) is 0. The van der Waals surface area contributed by atoms with Crippen LogP contribution in [0.2, 0.25) is 0 Å². The van der Waals surface area contributed by atoms with Crippen LogP contribution in [0.15, 0.2) is 53.4 Å². The molecule has 1 N–H and O–H groups in total. The van der Waals surface area contributed by atoms with Crippen molar-refractivity contribution in [2.24, 2.45) is 0 Å². The molecule has 0 spiro atoms. The molecule has 0 atom stereocenters. The monoisotopic (exact) mass is 359 g/mol. The Morgan fingerprint density at radius 2 is 1.84 bits per heavy atom. The largest absolute Gasteiger partial charge is 0.486 e. The number of fused-ring (bicyclic) bond motifs is 1. The molecule has 2 aromatic carbocycles. The van der Waals surface area contributed by atoms with Crippen LogP contribution in [0.5, 0.6) is 11.5 Å². The molecule has 3 rings (SSSR count). The van der Waals surface area contributed by atoms with Crippen molar-refractivity contribution < 1.29 is 22.7 Å². The van der Waals surface area contributed by atoms with Gasteiger partial charge in [0.25, 0.3) is 15.9 Å². The Hall–Kier alpha value is -2.80. The number of hydrogen-bond donors (Lipinski definition) is 1. The SMILES string of the molecule is Cc1cccc(C=CC(=O)NS(=O)(=O)c2ccc3c(c2)OCCO3)c1. The van der Waals surface area contributed by atoms with E-state index in [9.17, 15) is 13.2 Å². The number of aryl methyl sites for hydroxylation is 1. The predicted octanol–water partition coefficient (Wildman–Crippen LogP) is 2.28. The van der Waals surface area contributed by atoms with Crippen molar-refractivity contribution in [3.63, 3.8) is 0 Å². The number of rotatable bonds is 4. The van der Waals surface area contributed by atoms with Gasteiger partial charge < -0.3 is 9.47 Å². The zero-order valence-electron chi connectivity index (χ0n) is 13.6. The minimum atomic E-state index is -3.99. The number of ether oxygens (including phenoxy) is 2. The van der Waals surface area contributed by atoms with E-state index in [1.807, 2.05) is 35.9 Å². The molecule has 1 heterocycles. The first-order valence-corrected chi connectivity index (χ1v) is 9.13. The van der Waals surface area contributed by atoms with Crippen LogP contribution < -0.4 is 14.2 Å². The normalized spacial score (nSPS) is 13.6. The molecule has 0 bridgehead atoms. The highest BCUT2D eigenvalue weighted by atomic mass is 32.2. The highest BCUT2D eigenvalue weighted by Gasteiger charge is 2.20. The van der Waals surface area contributed by atoms with E-state index >= 15 is 0 Å². The fourth-order valence-corrected chi connectivity index (χ4v) is 3.32. The summed E-state index contributed by atoms with van der Waals surface area (Å²) >= 11 is 0. The second kappa shape index (κ2) is 6.98. The third kappa shape index (κ3) is 4.19. The van der Waals surface area contributed by atoms with Gasteiger partial charge in [-0.1, -0.05) is 29.8 Å². The van der Waals surface area contributed by atoms with Gasteiger partial charge in [0.15, 0.2) is 11.5 Å². The van der Waals surface area contributed by atoms with Crippen LogP contribution in [0.25, 0.3) is 6.08 Å². The van der Waals surface area contributed by atoms with Gasteiger partial charge in [0.2, 0.25) is 0 Å². The van der Waals surface area contributed by atoms with E-state index in [0.29, 0.717) is 24.7 Å². The first-order chi connectivity index (χ1) is 11.9. The van der Waals surface area contributed by atoms with Crippen LogP contribution in [0.3, 0.4) is 0 Å². The summed E-state index contributed by atoms with van der Waals surface area (Å²) in [6.45, 7) is 2.70. The molecule has 130 valence electrons. The Labute approximate surface area is 146 Å². The number of carbonyl (C=O) groups excluding carboxylic acids is 1. The van der Waals surface area contributed by atoms with Crippen LogP contribution in [-0.4, -0.2) is 27.5 Å². The van der Waals surface area contributed by atoms with Crippen LogP contribution >= 0.6 is 0 Å². The van der Waals surface area contributed by atoms with Crippen LogP contribution in [0.4, 0.5) is 0 Å². The third-order valence-electron chi connectivity index (χ3n) is 3.53. The van der Waals surface area contributed by atoms with E-state index in [0.717, 1.165) is 11.1 Å². The lowest BCUT2D eigenvalue weighted by atomic mass is 10.1. The van der Waals surface area contributed by atoms with Gasteiger partial charge in [0.1, 0.15) is 13.2 Å². The molecule has 0 aliphatic carbocycles. The lowest BCUT2D eigenvalue weighted by Gasteiger charge is -2.18. The van der Waals surface area contributed by atoms with E-state index in [4.69, 9.17) is 9.47 Å². The van der Waals surface area contributed by atoms with E-state index in [1.165, 1.54) is 24.3 Å². The van der Waals surface area contributed by atoms with Crippen molar-refractivity contribution in [2.75, 3.05) is 13.2 Å². The molecule has 0 aromatic heterocycles. The topological polar surface area (TPSA) is 81.7 Å². The minimum absolute atomic E-state index is 0.0611. The predicted molar refractivity (Wildman–Crippen MR) is 93.0 cm³/mol. The molecule has 1 aliphatic rings. The first-order valence-electron chi connectivity index (χ1n) is 7.65. The quantitative estimate of drug-likeness (QED) is 0.847. The van der Waals surface area contributed by atoms with E-state index in [-0.39, 0.29) is 4.90 Å². The van der Waals surface area contributed by atoms with Gasteiger partial charge in [0, 0.05) is 12.1 Å². The molecule has 1 amide bonds. The number of amides is 1. The third-order valence-corrected chi connectivity index (χ3v) is 4.87. The van der Waals surface area contributed by atoms with Gasteiger partial charge >= 0.3 is 0 Å². The summed E-state index contributed by atoms with van der Waals surface area (Å²) in [5.41, 5.74) is 1.86. The summed E-state index contributed by atoms with van der Waals surface area (Å²) in [6, 6.07) is 11.7. The summed E-state index contributed by atoms with van der Waals surface area (Å²) in [4.78, 5) is 11.9. The van der Waals surface area contributed by atoms with Crippen LogP contribution in [0, 0.1) is 6.92 Å². The van der Waals surface area contributed by atoms with Crippen molar-refractivity contribution in [3.8, 4) is 11.5 Å². The summed E-state index contributed by atoms with van der Waals surface area (Å²) in [6.07, 6.45) is 2.74. The maximum absolute atomic E-state index is 12.3. The first kappa shape index (κ1) is 17.0. The maximum Gasteiger partial charge on any atom is 0.264 e. The molecule has 2 aromatic rings. The smallest absolute Gasteiger partial charge is 0.264 e. The number of hydrogen-bond acceptors (Lipinski definition) is 5. The second-order valence-corrected chi connectivity index (χ2v) is 7.21. The lowest BCUT2D eigenvalue weighted by molar-refractivity contribution is -0.114. The van der Waals surface area contributed by atoms with Gasteiger partial charge in [-0.25, -0.2) is 13.1 Å². The van der Waals surface area contributed by atoms with Gasteiger partial charge in [-0.2, -0.15) is 0 Å². The molecule has 0 fully saturated rings. The minimum Gasteiger partial charge on any atom is -0.486 e. The molecule has 7 heteroatoms. The fraction of sp³-hybridized carbons (Fsp3) is 0.167. The molecular weight excluding hydrogens is 342 g/mol. The van der Waals surface area contributed by atoms with Crippen LogP contribution in [-0.2, 0) is 14.8 Å². The molecule has 0 saturated heterocycles. The average Bonchev–Trinajstić information content (AvgIpc) is 2.59. The summed E-state index contributed by atoms with van der Waals surface area (Å²) in [7, 11) is -3.99. The Bertz CT molecular complexity index is 934. The lowest BCUT2D eigenvalue weighted by Crippen LogP contribution is -2.29. The van der Waals surface area contributed by atoms with Crippen molar-refractivity contribution in [2.45, 2.75) is 11.8 Å². The summed E-state index contributed by atoms with van der Waals surface area (Å²) in [5.74, 6) is 0.101. The fourth-order valence-electron chi connectivity index (χ4n) is 2.36.